The van der Waals surface area contributed by atoms with Gasteiger partial charge in [0.15, 0.2) is 14.6 Å². The number of sulfone groups is 1. The Balaban J connectivity index is 0.00000361. The fraction of sp³-hybridized carbons (Fsp3) is 0.440. The van der Waals surface area contributed by atoms with Crippen molar-refractivity contribution in [2.24, 2.45) is 0 Å². The minimum absolute atomic E-state index is 0. The predicted octanol–water partition coefficient (Wildman–Crippen LogP) is 2.61. The minimum atomic E-state index is -4.09. The van der Waals surface area contributed by atoms with Crippen LogP contribution in [0.4, 0.5) is 5.69 Å². The van der Waals surface area contributed by atoms with Gasteiger partial charge in [0.25, 0.3) is 5.91 Å². The fourth-order valence-corrected chi connectivity index (χ4v) is 6.41. The summed E-state index contributed by atoms with van der Waals surface area (Å²) in [5.41, 5.74) is 2.54. The number of amides is 2. The third kappa shape index (κ3) is 5.32. The number of carbonyl (C=O) groups excluding carboxylic acids is 2. The molecule has 0 bridgehead atoms. The Hall–Kier alpha value is -3.15. The summed E-state index contributed by atoms with van der Waals surface area (Å²) in [5.74, 6) is 0.169. The highest BCUT2D eigenvalue weighted by molar-refractivity contribution is 7.93. The van der Waals surface area contributed by atoms with E-state index < -0.39 is 20.5 Å². The van der Waals surface area contributed by atoms with E-state index in [1.807, 2.05) is 29.2 Å². The quantitative estimate of drug-likeness (QED) is 0.441. The van der Waals surface area contributed by atoms with Crippen LogP contribution in [0, 0.1) is 0 Å². The van der Waals surface area contributed by atoms with Gasteiger partial charge in [-0.05, 0) is 61.4 Å². The number of hydrogen-bond donors (Lipinski definition) is 2. The summed E-state index contributed by atoms with van der Waals surface area (Å²) in [6, 6.07) is 13.4. The second kappa shape index (κ2) is 11.3. The summed E-state index contributed by atoms with van der Waals surface area (Å²) in [4.78, 5) is 27.9. The summed E-state index contributed by atoms with van der Waals surface area (Å²) in [6.07, 6.45) is -0.0910. The first kappa shape index (κ1) is 27.4. The maximum atomic E-state index is 13.3. The van der Waals surface area contributed by atoms with Crippen molar-refractivity contribution in [3.05, 3.63) is 48.5 Å². The smallest absolute Gasteiger partial charge is 0.265 e. The summed E-state index contributed by atoms with van der Waals surface area (Å²) >= 11 is 0. The van der Waals surface area contributed by atoms with Crippen LogP contribution in [0.25, 0.3) is 0 Å². The first-order valence-corrected chi connectivity index (χ1v) is 12.9. The van der Waals surface area contributed by atoms with Crippen LogP contribution in [0.5, 0.6) is 11.5 Å². The first-order valence-electron chi connectivity index (χ1n) is 11.4. The van der Waals surface area contributed by atoms with Crippen LogP contribution in [0.2, 0.25) is 0 Å². The average molecular weight is 520 g/mol. The lowest BCUT2D eigenvalue weighted by Gasteiger charge is -2.35. The molecule has 2 saturated heterocycles. The molecule has 2 heterocycles. The number of anilines is 1. The molecule has 0 spiro atoms. The predicted molar refractivity (Wildman–Crippen MR) is 134 cm³/mol. The van der Waals surface area contributed by atoms with Gasteiger partial charge >= 0.3 is 0 Å². The number of benzene rings is 2. The Labute approximate surface area is 211 Å². The molecule has 2 fully saturated rings. The molecule has 2 aliphatic rings. The van der Waals surface area contributed by atoms with E-state index in [1.165, 1.54) is 29.7 Å². The van der Waals surface area contributed by atoms with Crippen molar-refractivity contribution in [2.75, 3.05) is 44.3 Å². The molecule has 10 nitrogen and oxygen atoms in total. The highest BCUT2D eigenvalue weighted by atomic mass is 32.2. The molecule has 36 heavy (non-hydrogen) atoms. The van der Waals surface area contributed by atoms with E-state index >= 15 is 0 Å². The van der Waals surface area contributed by atoms with Crippen LogP contribution < -0.4 is 15.1 Å². The molecular formula is C25H33N3O7S. The molecule has 0 aliphatic carbocycles. The maximum Gasteiger partial charge on any atom is 0.265 e. The van der Waals surface area contributed by atoms with Gasteiger partial charge in [-0.15, -0.1) is 0 Å². The summed E-state index contributed by atoms with van der Waals surface area (Å²) in [6.45, 7) is 4.70. The van der Waals surface area contributed by atoms with Gasteiger partial charge in [0, 0.05) is 52.0 Å². The highest BCUT2D eigenvalue weighted by Gasteiger charge is 2.52. The Bertz CT molecular complexity index is 1150. The van der Waals surface area contributed by atoms with Crippen LogP contribution in [0.15, 0.2) is 53.4 Å². The van der Waals surface area contributed by atoms with E-state index in [-0.39, 0.29) is 44.3 Å². The topological polar surface area (TPSA) is 125 Å². The van der Waals surface area contributed by atoms with Crippen molar-refractivity contribution in [1.29, 1.82) is 0 Å². The third-order valence-electron chi connectivity index (χ3n) is 6.63. The Morgan fingerprint density at radius 2 is 1.47 bits per heavy atom. The number of carbonyl (C=O) groups is 2. The molecule has 4 rings (SSSR count). The zero-order valence-electron chi connectivity index (χ0n) is 19.5. The van der Waals surface area contributed by atoms with Gasteiger partial charge in [-0.3, -0.25) is 14.8 Å². The van der Waals surface area contributed by atoms with Crippen molar-refractivity contribution < 1.29 is 32.7 Å². The van der Waals surface area contributed by atoms with Crippen molar-refractivity contribution in [2.45, 2.75) is 36.8 Å². The lowest BCUT2D eigenvalue weighted by Crippen LogP contribution is -2.54. The van der Waals surface area contributed by atoms with Gasteiger partial charge in [0.2, 0.25) is 5.91 Å². The van der Waals surface area contributed by atoms with Crippen molar-refractivity contribution >= 4 is 27.3 Å². The Morgan fingerprint density at radius 1 is 0.944 bits per heavy atom. The normalized spacial score (nSPS) is 17.6. The van der Waals surface area contributed by atoms with Crippen molar-refractivity contribution in [1.82, 2.24) is 10.4 Å². The second-order valence-electron chi connectivity index (χ2n) is 8.61. The van der Waals surface area contributed by atoms with E-state index in [9.17, 15) is 18.0 Å². The molecule has 0 radical (unpaired) electrons. The molecular weight excluding hydrogens is 486 g/mol. The van der Waals surface area contributed by atoms with Crippen LogP contribution in [0.3, 0.4) is 0 Å². The lowest BCUT2D eigenvalue weighted by atomic mass is 9.98. The fourth-order valence-electron chi connectivity index (χ4n) is 4.47. The zero-order chi connectivity index (χ0) is 25.1. The van der Waals surface area contributed by atoms with Crippen LogP contribution in [-0.4, -0.2) is 74.5 Å². The Kier molecular flexibility index (Phi) is 8.59. The maximum absolute atomic E-state index is 13.3. The van der Waals surface area contributed by atoms with E-state index in [0.717, 1.165) is 18.8 Å². The van der Waals surface area contributed by atoms with Gasteiger partial charge in [0.1, 0.15) is 11.5 Å². The largest absolute Gasteiger partial charge is 0.457 e. The molecule has 2 aromatic carbocycles. The zero-order valence-corrected chi connectivity index (χ0v) is 20.3. The van der Waals surface area contributed by atoms with Gasteiger partial charge in [-0.1, -0.05) is 7.43 Å². The lowest BCUT2D eigenvalue weighted by molar-refractivity contribution is -0.134. The number of nitrogens with zero attached hydrogens (tertiary/aromatic N) is 2. The number of hydrogen-bond acceptors (Lipinski definition) is 8. The third-order valence-corrected chi connectivity index (χ3v) is 9.14. The van der Waals surface area contributed by atoms with Crippen molar-refractivity contribution in [3.8, 4) is 11.5 Å². The average Bonchev–Trinajstić information content (AvgIpc) is 2.89. The molecule has 2 aliphatic heterocycles. The molecule has 0 aromatic heterocycles. The summed E-state index contributed by atoms with van der Waals surface area (Å²) < 4.78 is 36.0. The monoisotopic (exact) mass is 519 g/mol. The van der Waals surface area contributed by atoms with Crippen LogP contribution in [-0.2, 0) is 24.2 Å². The van der Waals surface area contributed by atoms with E-state index in [0.29, 0.717) is 24.6 Å². The number of rotatable bonds is 6. The molecule has 0 unspecified atom stereocenters. The molecule has 11 heteroatoms. The molecule has 2 N–H and O–H groups in total. The second-order valence-corrected chi connectivity index (χ2v) is 10.9. The van der Waals surface area contributed by atoms with Crippen LogP contribution in [0.1, 0.15) is 27.2 Å². The van der Waals surface area contributed by atoms with E-state index in [1.54, 1.807) is 6.92 Å². The van der Waals surface area contributed by atoms with Crippen LogP contribution >= 0.6 is 0 Å². The van der Waals surface area contributed by atoms with Gasteiger partial charge < -0.3 is 19.3 Å². The van der Waals surface area contributed by atoms with Crippen molar-refractivity contribution in [3.63, 3.8) is 0 Å². The van der Waals surface area contributed by atoms with Gasteiger partial charge in [0.05, 0.1) is 4.90 Å². The van der Waals surface area contributed by atoms with Gasteiger partial charge in [-0.25, -0.2) is 13.9 Å². The number of piperazine rings is 1. The standard InChI is InChI=1S/C24H29N3O7S.CH4/c1-18(28)26-12-14-27(15-13-26)19-2-4-20(5-3-19)34-21-6-8-22(9-7-21)35(31,32)24(23(29)25-30)10-16-33-17-11-24;/h2-9,30H,10-17H2,1H3,(H,25,29);1H4. The molecule has 196 valence electrons. The highest BCUT2D eigenvalue weighted by Crippen LogP contribution is 2.36. The minimum Gasteiger partial charge on any atom is -0.457 e. The first-order chi connectivity index (χ1) is 16.8. The SMILES string of the molecule is C.CC(=O)N1CCN(c2ccc(Oc3ccc(S(=O)(=O)C4(C(=O)NO)CCOCC4)cc3)cc2)CC1. The Morgan fingerprint density at radius 3 is 1.97 bits per heavy atom. The molecule has 0 atom stereocenters. The summed E-state index contributed by atoms with van der Waals surface area (Å²) in [7, 11) is -4.09. The summed E-state index contributed by atoms with van der Waals surface area (Å²) in [5, 5.41) is 9.16. The molecule has 2 amide bonds. The number of ether oxygens (including phenoxy) is 2. The van der Waals surface area contributed by atoms with E-state index in [2.05, 4.69) is 4.90 Å². The number of hydroxylamine groups is 1. The molecule has 2 aromatic rings. The molecule has 0 saturated carbocycles. The number of nitrogens with one attached hydrogen (secondary N) is 1. The van der Waals surface area contributed by atoms with Gasteiger partial charge in [-0.2, -0.15) is 0 Å². The van der Waals surface area contributed by atoms with E-state index in [4.69, 9.17) is 14.7 Å².